The number of nitrogens with zero attached hydrogens (tertiary/aromatic N) is 2. The smallest absolute Gasteiger partial charge is 0.255 e. The normalized spacial score (nSPS) is 23.9. The third kappa shape index (κ3) is 5.38. The van der Waals surface area contributed by atoms with Gasteiger partial charge in [-0.15, -0.1) is 0 Å². The summed E-state index contributed by atoms with van der Waals surface area (Å²) in [6, 6.07) is 5.03. The Morgan fingerprint density at radius 3 is 2.35 bits per heavy atom. The molecule has 31 heavy (non-hydrogen) atoms. The number of morpholine rings is 1. The van der Waals surface area contributed by atoms with Crippen LogP contribution in [-0.4, -0.2) is 83.9 Å². The molecule has 3 aliphatic rings. The van der Waals surface area contributed by atoms with Gasteiger partial charge in [-0.1, -0.05) is 12.8 Å². The predicted molar refractivity (Wildman–Crippen MR) is 116 cm³/mol. The maximum Gasteiger partial charge on any atom is 0.255 e. The molecule has 172 valence electrons. The SMILES string of the molecule is O=C(Nc1cc(S(=O)(=O)N2CCOCC2)ccc1N1CCCCCC1)C1COCCO1. The standard InChI is InChI=1S/C21H31N3O6S/c25-21(20-16-29-13-14-30-20)22-18-15-17(31(26,27)24-9-11-28-12-10-24)5-6-19(18)23-7-3-1-2-4-8-23/h5-6,15,20H,1-4,7-14,16H2,(H,22,25). The van der Waals surface area contributed by atoms with Gasteiger partial charge in [0.1, 0.15) is 0 Å². The number of hydrogen-bond donors (Lipinski definition) is 1. The molecule has 1 aromatic carbocycles. The molecule has 0 aliphatic carbocycles. The lowest BCUT2D eigenvalue weighted by Gasteiger charge is -2.29. The summed E-state index contributed by atoms with van der Waals surface area (Å²) in [6.07, 6.45) is 3.79. The number of amides is 1. The van der Waals surface area contributed by atoms with E-state index in [-0.39, 0.29) is 17.4 Å². The summed E-state index contributed by atoms with van der Waals surface area (Å²) in [4.78, 5) is 15.2. The van der Waals surface area contributed by atoms with Crippen molar-refractivity contribution < 1.29 is 27.4 Å². The predicted octanol–water partition coefficient (Wildman–Crippen LogP) is 1.44. The number of ether oxygens (including phenoxy) is 3. The Hall–Kier alpha value is -1.72. The van der Waals surface area contributed by atoms with Crippen molar-refractivity contribution >= 4 is 27.3 Å². The molecule has 3 aliphatic heterocycles. The Labute approximate surface area is 183 Å². The van der Waals surface area contributed by atoms with Crippen LogP contribution < -0.4 is 10.2 Å². The minimum Gasteiger partial charge on any atom is -0.379 e. The van der Waals surface area contributed by atoms with Gasteiger partial charge in [0.05, 0.1) is 49.3 Å². The van der Waals surface area contributed by atoms with Gasteiger partial charge in [0.2, 0.25) is 10.0 Å². The second kappa shape index (κ2) is 10.3. The van der Waals surface area contributed by atoms with Gasteiger partial charge in [-0.2, -0.15) is 4.31 Å². The first-order valence-electron chi connectivity index (χ1n) is 11.0. The number of anilines is 2. The molecule has 3 heterocycles. The second-order valence-corrected chi connectivity index (χ2v) is 9.96. The molecule has 1 atom stereocenters. The number of rotatable bonds is 5. The van der Waals surface area contributed by atoms with Crippen LogP contribution in [0.4, 0.5) is 11.4 Å². The Balaban J connectivity index is 1.63. The van der Waals surface area contributed by atoms with Crippen molar-refractivity contribution in [2.24, 2.45) is 0 Å². The number of carbonyl (C=O) groups excluding carboxylic acids is 1. The monoisotopic (exact) mass is 453 g/mol. The van der Waals surface area contributed by atoms with Crippen LogP contribution in [-0.2, 0) is 29.0 Å². The maximum atomic E-state index is 13.2. The summed E-state index contributed by atoms with van der Waals surface area (Å²) in [5.41, 5.74) is 1.34. The molecule has 3 saturated heterocycles. The summed E-state index contributed by atoms with van der Waals surface area (Å²) in [5, 5.41) is 2.92. The highest BCUT2D eigenvalue weighted by Crippen LogP contribution is 2.32. The lowest BCUT2D eigenvalue weighted by atomic mass is 10.2. The molecule has 10 heteroatoms. The molecule has 1 N–H and O–H groups in total. The van der Waals surface area contributed by atoms with E-state index in [1.54, 1.807) is 12.1 Å². The van der Waals surface area contributed by atoms with E-state index >= 15 is 0 Å². The minimum atomic E-state index is -3.67. The van der Waals surface area contributed by atoms with E-state index in [0.29, 0.717) is 45.2 Å². The fourth-order valence-corrected chi connectivity index (χ4v) is 5.59. The number of benzene rings is 1. The zero-order valence-corrected chi connectivity index (χ0v) is 18.6. The van der Waals surface area contributed by atoms with Crippen molar-refractivity contribution in [3.8, 4) is 0 Å². The molecule has 0 spiro atoms. The fourth-order valence-electron chi connectivity index (χ4n) is 4.15. The molecule has 0 radical (unpaired) electrons. The summed E-state index contributed by atoms with van der Waals surface area (Å²) in [6.45, 7) is 4.19. The van der Waals surface area contributed by atoms with Crippen molar-refractivity contribution in [3.05, 3.63) is 18.2 Å². The van der Waals surface area contributed by atoms with Crippen LogP contribution in [0, 0.1) is 0 Å². The Morgan fingerprint density at radius 2 is 1.68 bits per heavy atom. The highest BCUT2D eigenvalue weighted by Gasteiger charge is 2.29. The molecule has 1 unspecified atom stereocenters. The van der Waals surface area contributed by atoms with Gasteiger partial charge in [-0.05, 0) is 31.0 Å². The number of carbonyl (C=O) groups is 1. The summed E-state index contributed by atoms with van der Waals surface area (Å²) in [5.74, 6) is -0.323. The quantitative estimate of drug-likeness (QED) is 0.721. The third-order valence-corrected chi connectivity index (χ3v) is 7.78. The molecular formula is C21H31N3O6S. The highest BCUT2D eigenvalue weighted by atomic mass is 32.2. The third-order valence-electron chi connectivity index (χ3n) is 5.89. The van der Waals surface area contributed by atoms with Crippen molar-refractivity contribution in [2.75, 3.05) is 69.4 Å². The number of hydrogen-bond acceptors (Lipinski definition) is 7. The zero-order valence-electron chi connectivity index (χ0n) is 17.8. The van der Waals surface area contributed by atoms with Crippen molar-refractivity contribution in [2.45, 2.75) is 36.7 Å². The van der Waals surface area contributed by atoms with Gasteiger partial charge in [-0.25, -0.2) is 8.42 Å². The Kier molecular flexibility index (Phi) is 7.44. The van der Waals surface area contributed by atoms with E-state index < -0.39 is 16.1 Å². The molecule has 4 rings (SSSR count). The zero-order chi connectivity index (χ0) is 21.7. The van der Waals surface area contributed by atoms with Gasteiger partial charge in [0.15, 0.2) is 6.10 Å². The maximum absolute atomic E-state index is 13.2. The molecular weight excluding hydrogens is 422 g/mol. The van der Waals surface area contributed by atoms with Crippen LogP contribution in [0.1, 0.15) is 25.7 Å². The fraction of sp³-hybridized carbons (Fsp3) is 0.667. The minimum absolute atomic E-state index is 0.170. The van der Waals surface area contributed by atoms with Gasteiger partial charge in [-0.3, -0.25) is 4.79 Å². The Bertz CT molecular complexity index is 858. The molecule has 1 amide bonds. The van der Waals surface area contributed by atoms with Gasteiger partial charge in [0.25, 0.3) is 5.91 Å². The molecule has 0 bridgehead atoms. The van der Waals surface area contributed by atoms with Crippen LogP contribution in [0.3, 0.4) is 0 Å². The lowest BCUT2D eigenvalue weighted by molar-refractivity contribution is -0.142. The van der Waals surface area contributed by atoms with Gasteiger partial charge >= 0.3 is 0 Å². The first kappa shape index (κ1) is 22.5. The van der Waals surface area contributed by atoms with Crippen LogP contribution >= 0.6 is 0 Å². The first-order valence-corrected chi connectivity index (χ1v) is 12.5. The molecule has 3 fully saturated rings. The van der Waals surface area contributed by atoms with Gasteiger partial charge in [0, 0.05) is 26.2 Å². The van der Waals surface area contributed by atoms with Crippen LogP contribution in [0.2, 0.25) is 0 Å². The first-order chi connectivity index (χ1) is 15.1. The second-order valence-electron chi connectivity index (χ2n) is 8.02. The number of nitrogens with one attached hydrogen (secondary N) is 1. The number of sulfonamides is 1. The van der Waals surface area contributed by atoms with E-state index in [9.17, 15) is 13.2 Å². The van der Waals surface area contributed by atoms with Crippen LogP contribution in [0.15, 0.2) is 23.1 Å². The van der Waals surface area contributed by atoms with Crippen LogP contribution in [0.25, 0.3) is 0 Å². The van der Waals surface area contributed by atoms with Crippen LogP contribution in [0.5, 0.6) is 0 Å². The highest BCUT2D eigenvalue weighted by molar-refractivity contribution is 7.89. The van der Waals surface area contributed by atoms with Gasteiger partial charge < -0.3 is 24.4 Å². The topological polar surface area (TPSA) is 97.4 Å². The van der Waals surface area contributed by atoms with E-state index in [4.69, 9.17) is 14.2 Å². The summed E-state index contributed by atoms with van der Waals surface area (Å²) in [7, 11) is -3.67. The van der Waals surface area contributed by atoms with Crippen molar-refractivity contribution in [1.82, 2.24) is 4.31 Å². The Morgan fingerprint density at radius 1 is 0.935 bits per heavy atom. The van der Waals surface area contributed by atoms with E-state index in [1.165, 1.54) is 17.1 Å². The molecule has 0 aromatic heterocycles. The average Bonchev–Trinajstić information content (AvgIpc) is 3.10. The molecule has 1 aromatic rings. The van der Waals surface area contributed by atoms with E-state index in [0.717, 1.165) is 31.6 Å². The van der Waals surface area contributed by atoms with E-state index in [2.05, 4.69) is 10.2 Å². The largest absolute Gasteiger partial charge is 0.379 e. The van der Waals surface area contributed by atoms with Crippen molar-refractivity contribution in [1.29, 1.82) is 0 Å². The van der Waals surface area contributed by atoms with Crippen molar-refractivity contribution in [3.63, 3.8) is 0 Å². The molecule has 0 saturated carbocycles. The summed E-state index contributed by atoms with van der Waals surface area (Å²) < 4.78 is 43.9. The molecule has 9 nitrogen and oxygen atoms in total. The average molecular weight is 454 g/mol. The lowest BCUT2D eigenvalue weighted by Crippen LogP contribution is -2.41. The summed E-state index contributed by atoms with van der Waals surface area (Å²) >= 11 is 0. The van der Waals surface area contributed by atoms with E-state index in [1.807, 2.05) is 6.07 Å².